The molecule has 0 N–H and O–H groups in total. The van der Waals surface area contributed by atoms with Crippen LogP contribution in [-0.4, -0.2) is 21.2 Å². The number of rotatable bonds is 3. The van der Waals surface area contributed by atoms with Gasteiger partial charge in [0.15, 0.2) is 0 Å². The van der Waals surface area contributed by atoms with Gasteiger partial charge in [0.25, 0.3) is 0 Å². The van der Waals surface area contributed by atoms with Crippen molar-refractivity contribution < 1.29 is 9.53 Å². The molecular weight excluding hydrogens is 336 g/mol. The van der Waals surface area contributed by atoms with Crippen LogP contribution in [0.4, 0.5) is 0 Å². The van der Waals surface area contributed by atoms with Crippen molar-refractivity contribution in [2.24, 2.45) is 0 Å². The second-order valence-electron chi connectivity index (χ2n) is 7.05. The molecule has 0 fully saturated rings. The molecule has 0 radical (unpaired) electrons. The van der Waals surface area contributed by atoms with Crippen LogP contribution in [-0.2, 0) is 9.53 Å². The highest BCUT2D eigenvalue weighted by atomic mass is 28.3. The van der Waals surface area contributed by atoms with Crippen molar-refractivity contribution in [1.29, 1.82) is 0 Å². The minimum atomic E-state index is -1.97. The van der Waals surface area contributed by atoms with Crippen LogP contribution in [0.3, 0.4) is 0 Å². The summed E-state index contributed by atoms with van der Waals surface area (Å²) < 4.78 is 5.12. The lowest BCUT2D eigenvalue weighted by atomic mass is 10.00. The number of benzene rings is 2. The van der Waals surface area contributed by atoms with Crippen molar-refractivity contribution >= 4 is 25.3 Å². The largest absolute Gasteiger partial charge is 0.465 e. The number of carbonyl (C=O) groups is 1. The van der Waals surface area contributed by atoms with Gasteiger partial charge in [-0.2, -0.15) is 0 Å². The molecule has 0 spiro atoms. The average Bonchev–Trinajstić information content (AvgIpc) is 2.66. The van der Waals surface area contributed by atoms with Crippen molar-refractivity contribution in [3.63, 3.8) is 0 Å². The Morgan fingerprint density at radius 1 is 0.962 bits per heavy atom. The molecule has 0 atom stereocenters. The number of methoxy groups -OCH3 is 1. The smallest absolute Gasteiger partial charge is 0.338 e. The first-order valence-electron chi connectivity index (χ1n) is 8.79. The zero-order valence-corrected chi connectivity index (χ0v) is 16.7. The van der Waals surface area contributed by atoms with Gasteiger partial charge in [0.05, 0.1) is 12.7 Å². The van der Waals surface area contributed by atoms with Crippen LogP contribution in [0, 0.1) is 0 Å². The molecule has 26 heavy (non-hydrogen) atoms. The SMILES string of the molecule is COC(=O)C1=C(C)[Si](C)(C)C(c2ccccc2)=C/C1=C/c1ccccc1. The van der Waals surface area contributed by atoms with Crippen molar-refractivity contribution in [3.05, 3.63) is 94.2 Å². The van der Waals surface area contributed by atoms with Crippen LogP contribution in [0.5, 0.6) is 0 Å². The number of esters is 1. The van der Waals surface area contributed by atoms with E-state index in [1.807, 2.05) is 36.4 Å². The minimum Gasteiger partial charge on any atom is -0.465 e. The standard InChI is InChI=1S/C23H24O2Si/c1-17-22(23(24)25-2)20(15-18-11-7-5-8-12-18)16-21(26(17,3)4)19-13-9-6-10-14-19/h5-16H,1-4H3/b20-15-. The summed E-state index contributed by atoms with van der Waals surface area (Å²) in [4.78, 5) is 12.6. The van der Waals surface area contributed by atoms with Gasteiger partial charge in [0, 0.05) is 0 Å². The number of carbonyl (C=O) groups excluding carboxylic acids is 1. The lowest BCUT2D eigenvalue weighted by molar-refractivity contribution is -0.135. The zero-order chi connectivity index (χ0) is 18.7. The van der Waals surface area contributed by atoms with E-state index in [1.165, 1.54) is 17.9 Å². The van der Waals surface area contributed by atoms with Gasteiger partial charge in [-0.25, -0.2) is 4.79 Å². The summed E-state index contributed by atoms with van der Waals surface area (Å²) in [5.41, 5.74) is 3.94. The summed E-state index contributed by atoms with van der Waals surface area (Å²) in [5, 5.41) is 2.50. The van der Waals surface area contributed by atoms with E-state index in [9.17, 15) is 4.79 Å². The third-order valence-corrected chi connectivity index (χ3v) is 9.08. The number of ether oxygens (including phenoxy) is 1. The van der Waals surface area contributed by atoms with Gasteiger partial charge >= 0.3 is 5.97 Å². The highest BCUT2D eigenvalue weighted by Gasteiger charge is 2.37. The maximum absolute atomic E-state index is 12.6. The topological polar surface area (TPSA) is 26.3 Å². The predicted molar refractivity (Wildman–Crippen MR) is 111 cm³/mol. The molecule has 1 heterocycles. The maximum Gasteiger partial charge on any atom is 0.338 e. The molecule has 3 rings (SSSR count). The first kappa shape index (κ1) is 18.1. The van der Waals surface area contributed by atoms with Gasteiger partial charge in [-0.05, 0) is 34.9 Å². The van der Waals surface area contributed by atoms with Gasteiger partial charge in [0.1, 0.15) is 8.07 Å². The average molecular weight is 361 g/mol. The quantitative estimate of drug-likeness (QED) is 0.538. The van der Waals surface area contributed by atoms with E-state index >= 15 is 0 Å². The molecule has 0 aromatic heterocycles. The second kappa shape index (κ2) is 7.30. The number of hydrogen-bond acceptors (Lipinski definition) is 2. The summed E-state index contributed by atoms with van der Waals surface area (Å²) in [6.45, 7) is 6.68. The molecule has 0 saturated carbocycles. The Balaban J connectivity index is 2.23. The van der Waals surface area contributed by atoms with Crippen LogP contribution in [0.2, 0.25) is 13.1 Å². The molecule has 0 amide bonds. The Morgan fingerprint density at radius 2 is 1.54 bits per heavy atom. The van der Waals surface area contributed by atoms with Crippen LogP contribution in [0.1, 0.15) is 18.1 Å². The second-order valence-corrected chi connectivity index (χ2v) is 11.6. The lowest BCUT2D eigenvalue weighted by Crippen LogP contribution is -2.35. The van der Waals surface area contributed by atoms with Crippen molar-refractivity contribution in [3.8, 4) is 0 Å². The van der Waals surface area contributed by atoms with Gasteiger partial charge in [-0.1, -0.05) is 85.0 Å². The molecule has 0 unspecified atom stereocenters. The molecule has 0 bridgehead atoms. The molecule has 0 aliphatic carbocycles. The third kappa shape index (κ3) is 3.35. The van der Waals surface area contributed by atoms with E-state index < -0.39 is 8.07 Å². The van der Waals surface area contributed by atoms with E-state index in [0.29, 0.717) is 5.57 Å². The fraction of sp³-hybridized carbons (Fsp3) is 0.174. The van der Waals surface area contributed by atoms with E-state index in [4.69, 9.17) is 4.74 Å². The van der Waals surface area contributed by atoms with E-state index in [0.717, 1.165) is 16.3 Å². The molecule has 2 aromatic carbocycles. The summed E-state index contributed by atoms with van der Waals surface area (Å²) in [5.74, 6) is -0.256. The number of allylic oxidation sites excluding steroid dienone is 2. The monoisotopic (exact) mass is 360 g/mol. The summed E-state index contributed by atoms with van der Waals surface area (Å²) >= 11 is 0. The fourth-order valence-electron chi connectivity index (χ4n) is 3.42. The van der Waals surface area contributed by atoms with Gasteiger partial charge < -0.3 is 4.74 Å². The molecule has 132 valence electrons. The Bertz CT molecular complexity index is 904. The van der Waals surface area contributed by atoms with Crippen molar-refractivity contribution in [1.82, 2.24) is 0 Å². The molecule has 1 aliphatic rings. The van der Waals surface area contributed by atoms with Gasteiger partial charge in [0.2, 0.25) is 0 Å². The van der Waals surface area contributed by atoms with E-state index in [1.54, 1.807) is 0 Å². The maximum atomic E-state index is 12.6. The first-order valence-corrected chi connectivity index (χ1v) is 11.8. The Hall–Kier alpha value is -2.65. The third-order valence-electron chi connectivity index (χ3n) is 5.17. The molecule has 2 nitrogen and oxygen atoms in total. The fourth-order valence-corrected chi connectivity index (χ4v) is 6.10. The lowest BCUT2D eigenvalue weighted by Gasteiger charge is -2.34. The highest BCUT2D eigenvalue weighted by molar-refractivity contribution is 7.00. The Kier molecular flexibility index (Phi) is 5.10. The minimum absolute atomic E-state index is 0.256. The van der Waals surface area contributed by atoms with E-state index in [2.05, 4.69) is 56.4 Å². The molecule has 2 aromatic rings. The van der Waals surface area contributed by atoms with E-state index in [-0.39, 0.29) is 5.97 Å². The summed E-state index contributed by atoms with van der Waals surface area (Å²) in [6.07, 6.45) is 4.26. The van der Waals surface area contributed by atoms with Crippen LogP contribution in [0.25, 0.3) is 11.3 Å². The Labute approximate surface area is 156 Å². The summed E-state index contributed by atoms with van der Waals surface area (Å²) in [7, 11) is -0.514. The molecule has 3 heteroatoms. The van der Waals surface area contributed by atoms with Gasteiger partial charge in [-0.3, -0.25) is 0 Å². The molecule has 0 saturated heterocycles. The first-order chi connectivity index (χ1) is 12.4. The predicted octanol–water partition coefficient (Wildman–Crippen LogP) is 5.44. The van der Waals surface area contributed by atoms with Crippen LogP contribution in [0.15, 0.2) is 83.1 Å². The normalized spacial score (nSPS) is 17.8. The summed E-state index contributed by atoms with van der Waals surface area (Å²) in [6, 6.07) is 20.6. The zero-order valence-electron chi connectivity index (χ0n) is 15.7. The van der Waals surface area contributed by atoms with Crippen molar-refractivity contribution in [2.45, 2.75) is 20.0 Å². The van der Waals surface area contributed by atoms with Gasteiger partial charge in [-0.15, -0.1) is 0 Å². The van der Waals surface area contributed by atoms with Crippen molar-refractivity contribution in [2.75, 3.05) is 7.11 Å². The number of hydrogen-bond donors (Lipinski definition) is 0. The highest BCUT2D eigenvalue weighted by Crippen LogP contribution is 2.41. The molecular formula is C23H24O2Si. The molecule has 1 aliphatic heterocycles. The van der Waals surface area contributed by atoms with Crippen LogP contribution >= 0.6 is 0 Å². The Morgan fingerprint density at radius 3 is 2.12 bits per heavy atom. The van der Waals surface area contributed by atoms with Crippen LogP contribution < -0.4 is 0 Å².